The van der Waals surface area contributed by atoms with Gasteiger partial charge in [0.1, 0.15) is 11.0 Å². The zero-order valence-electron chi connectivity index (χ0n) is 14.9. The van der Waals surface area contributed by atoms with Crippen LogP contribution in [-0.4, -0.2) is 28.5 Å². The highest BCUT2D eigenvalue weighted by Crippen LogP contribution is 2.12. The first-order valence-corrected chi connectivity index (χ1v) is 8.87. The molecular formula is C20H21N3OS. The second kappa shape index (κ2) is 6.69. The highest BCUT2D eigenvalue weighted by molar-refractivity contribution is 7.16. The second-order valence-corrected chi connectivity index (χ2v) is 7.10. The Hall–Kier alpha value is -2.66. The van der Waals surface area contributed by atoms with Gasteiger partial charge in [0, 0.05) is 29.5 Å². The molecule has 3 rings (SSSR count). The van der Waals surface area contributed by atoms with Gasteiger partial charge in [0.25, 0.3) is 5.56 Å². The van der Waals surface area contributed by atoms with Gasteiger partial charge in [-0.2, -0.15) is 0 Å². The molecule has 0 N–H and O–H groups in total. The van der Waals surface area contributed by atoms with E-state index in [-0.39, 0.29) is 5.56 Å². The van der Waals surface area contributed by atoms with E-state index in [1.165, 1.54) is 11.3 Å². The molecule has 0 amide bonds. The third-order valence-electron chi connectivity index (χ3n) is 4.13. The summed E-state index contributed by atoms with van der Waals surface area (Å²) >= 11 is 1.48. The Morgan fingerprint density at radius 1 is 1.28 bits per heavy atom. The summed E-state index contributed by atoms with van der Waals surface area (Å²) < 4.78 is 3.29. The van der Waals surface area contributed by atoms with Gasteiger partial charge in [-0.3, -0.25) is 9.36 Å². The zero-order chi connectivity index (χ0) is 18.1. The largest absolute Gasteiger partial charge is 0.377 e. The molecule has 0 unspecified atom stereocenters. The van der Waals surface area contributed by atoms with E-state index >= 15 is 0 Å². The van der Waals surface area contributed by atoms with E-state index < -0.39 is 0 Å². The van der Waals surface area contributed by atoms with Gasteiger partial charge in [-0.15, -0.1) is 11.3 Å². The highest BCUT2D eigenvalue weighted by Gasteiger charge is 2.13. The molecule has 25 heavy (non-hydrogen) atoms. The first kappa shape index (κ1) is 17.2. The first-order chi connectivity index (χ1) is 12.0. The summed E-state index contributed by atoms with van der Waals surface area (Å²) in [5.41, 5.74) is 3.62. The van der Waals surface area contributed by atoms with Crippen molar-refractivity contribution in [1.29, 1.82) is 0 Å². The van der Waals surface area contributed by atoms with Crippen LogP contribution in [0.3, 0.4) is 0 Å². The smallest absolute Gasteiger partial charge is 0.275 e. The molecule has 0 radical (unpaired) electrons. The van der Waals surface area contributed by atoms with Crippen molar-refractivity contribution in [2.45, 2.75) is 13.8 Å². The number of thiophene rings is 1. The Bertz CT molecular complexity index is 1120. The summed E-state index contributed by atoms with van der Waals surface area (Å²) in [6.07, 6.45) is 5.44. The van der Waals surface area contributed by atoms with Gasteiger partial charge in [0.15, 0.2) is 0 Å². The third kappa shape index (κ3) is 2.91. The summed E-state index contributed by atoms with van der Waals surface area (Å²) in [6.45, 7) is 7.92. The molecule has 0 aliphatic rings. The summed E-state index contributed by atoms with van der Waals surface area (Å²) in [4.78, 5) is 19.7. The number of hydrogen-bond acceptors (Lipinski definition) is 4. The number of hydrogen-bond donors (Lipinski definition) is 0. The van der Waals surface area contributed by atoms with Gasteiger partial charge in [0.05, 0.1) is 11.2 Å². The zero-order valence-corrected chi connectivity index (χ0v) is 15.7. The van der Waals surface area contributed by atoms with Gasteiger partial charge in [0.2, 0.25) is 0 Å². The van der Waals surface area contributed by atoms with Crippen molar-refractivity contribution in [1.82, 2.24) is 14.5 Å². The molecule has 0 aliphatic heterocycles. The van der Waals surface area contributed by atoms with Crippen LogP contribution >= 0.6 is 11.3 Å². The fraction of sp³-hybridized carbons (Fsp3) is 0.200. The van der Waals surface area contributed by atoms with E-state index in [9.17, 15) is 4.79 Å². The fourth-order valence-electron chi connectivity index (χ4n) is 2.83. The Kier molecular flexibility index (Phi) is 4.59. The van der Waals surface area contributed by atoms with Gasteiger partial charge < -0.3 is 4.90 Å². The maximum atomic E-state index is 13.0. The van der Waals surface area contributed by atoms with Crippen molar-refractivity contribution < 1.29 is 0 Å². The number of rotatable bonds is 3. The molecule has 2 heterocycles. The van der Waals surface area contributed by atoms with Crippen molar-refractivity contribution in [2.75, 3.05) is 14.1 Å². The fourth-order valence-corrected chi connectivity index (χ4v) is 3.91. The van der Waals surface area contributed by atoms with Crippen LogP contribution in [0.5, 0.6) is 0 Å². The van der Waals surface area contributed by atoms with Crippen LogP contribution in [0.2, 0.25) is 0 Å². The van der Waals surface area contributed by atoms with E-state index in [1.54, 1.807) is 10.9 Å². The number of benzene rings is 1. The molecule has 4 nitrogen and oxygen atoms in total. The standard InChI is InChI=1S/C20H21N3OS/c1-6-15(22(4)5)17-16(7-2)25-19-18(17)21-12-23(20(19)24)14-10-8-13(3)9-11-14/h6-12H,1H2,2-5H3/b16-7+,17-15-. The Morgan fingerprint density at radius 3 is 2.52 bits per heavy atom. The van der Waals surface area contributed by atoms with Crippen LogP contribution < -0.4 is 15.3 Å². The van der Waals surface area contributed by atoms with Crippen LogP contribution in [0, 0.1) is 6.92 Å². The quantitative estimate of drug-likeness (QED) is 0.727. The molecule has 0 saturated carbocycles. The average Bonchev–Trinajstić information content (AvgIpc) is 2.96. The van der Waals surface area contributed by atoms with Crippen LogP contribution in [0.15, 0.2) is 48.0 Å². The molecule has 1 aromatic carbocycles. The van der Waals surface area contributed by atoms with Crippen LogP contribution in [0.1, 0.15) is 12.5 Å². The van der Waals surface area contributed by atoms with Crippen molar-refractivity contribution in [3.63, 3.8) is 0 Å². The van der Waals surface area contributed by atoms with Crippen molar-refractivity contribution in [3.8, 4) is 5.69 Å². The van der Waals surface area contributed by atoms with Gasteiger partial charge in [-0.05, 0) is 32.1 Å². The number of aryl methyl sites for hydroxylation is 1. The van der Waals surface area contributed by atoms with Gasteiger partial charge >= 0.3 is 0 Å². The van der Waals surface area contributed by atoms with Crippen LogP contribution in [-0.2, 0) is 0 Å². The van der Waals surface area contributed by atoms with Crippen molar-refractivity contribution >= 4 is 33.3 Å². The van der Waals surface area contributed by atoms with Crippen molar-refractivity contribution in [2.24, 2.45) is 0 Å². The number of fused-ring (bicyclic) bond motifs is 1. The number of aromatic nitrogens is 2. The number of likely N-dealkylation sites (N-methyl/N-ethyl adjacent to an activating group) is 1. The summed E-state index contributed by atoms with van der Waals surface area (Å²) in [5.74, 6) is 0. The lowest BCUT2D eigenvalue weighted by Crippen LogP contribution is -2.28. The van der Waals surface area contributed by atoms with Gasteiger partial charge in [-0.1, -0.05) is 30.4 Å². The van der Waals surface area contributed by atoms with Crippen LogP contribution in [0.4, 0.5) is 0 Å². The minimum absolute atomic E-state index is 0.0460. The topological polar surface area (TPSA) is 38.1 Å². The molecular weight excluding hydrogens is 330 g/mol. The van der Waals surface area contributed by atoms with Crippen molar-refractivity contribution in [3.05, 3.63) is 68.9 Å². The molecule has 3 aromatic rings. The molecule has 5 heteroatoms. The predicted octanol–water partition coefficient (Wildman–Crippen LogP) is 2.41. The van der Waals surface area contributed by atoms with E-state index in [0.717, 1.165) is 32.2 Å². The molecule has 2 aromatic heterocycles. The molecule has 0 aliphatic carbocycles. The minimum Gasteiger partial charge on any atom is -0.377 e. The normalized spacial score (nSPS) is 13.2. The van der Waals surface area contributed by atoms with E-state index in [0.29, 0.717) is 4.70 Å². The Labute approximate surface area is 150 Å². The monoisotopic (exact) mass is 351 g/mol. The third-order valence-corrected chi connectivity index (χ3v) is 5.36. The van der Waals surface area contributed by atoms with Gasteiger partial charge in [-0.25, -0.2) is 4.98 Å². The maximum Gasteiger partial charge on any atom is 0.275 e. The molecule has 0 saturated heterocycles. The summed E-state index contributed by atoms with van der Waals surface area (Å²) in [6, 6.07) is 7.86. The molecule has 0 fully saturated rings. The minimum atomic E-state index is -0.0460. The Balaban J connectivity index is 2.42. The average molecular weight is 351 g/mol. The van der Waals surface area contributed by atoms with E-state index in [2.05, 4.69) is 11.6 Å². The number of nitrogens with zero attached hydrogens (tertiary/aromatic N) is 3. The lowest BCUT2D eigenvalue weighted by Gasteiger charge is -2.12. The summed E-state index contributed by atoms with van der Waals surface area (Å²) in [7, 11) is 3.93. The Morgan fingerprint density at radius 2 is 1.96 bits per heavy atom. The van der Waals surface area contributed by atoms with E-state index in [1.807, 2.05) is 69.3 Å². The predicted molar refractivity (Wildman–Crippen MR) is 107 cm³/mol. The molecule has 0 atom stereocenters. The maximum absolute atomic E-state index is 13.0. The van der Waals surface area contributed by atoms with Crippen LogP contribution in [0.25, 0.3) is 27.7 Å². The SMILES string of the molecule is C=C/C(=c1\c(=C/C)sc2c(=O)n(-c3ccc(C)cc3)cnc12)N(C)C. The summed E-state index contributed by atoms with van der Waals surface area (Å²) in [5, 5.41) is 0.968. The first-order valence-electron chi connectivity index (χ1n) is 8.05. The molecule has 0 spiro atoms. The second-order valence-electron chi connectivity index (χ2n) is 6.05. The molecule has 128 valence electrons. The highest BCUT2D eigenvalue weighted by atomic mass is 32.1. The molecule has 0 bridgehead atoms. The lowest BCUT2D eigenvalue weighted by molar-refractivity contribution is 0.592. The van der Waals surface area contributed by atoms with E-state index in [4.69, 9.17) is 0 Å². The lowest BCUT2D eigenvalue weighted by atomic mass is 10.2.